The standard InChI is InChI=1S/C29H36ClN5O4/c1-19-15-31-23(16-39-19)20-4-6-21(7-5-20)35-24(30)14-22-25(35)32-18-34(26(22)36)17-29(38)10-12-33(13-11-29)27(37)28(2)8-3-9-28/h4-7,14,18-19,23,31,38H,3,8-13,15-17H2,1-2H3/t19-,23-/m0/s1. The fraction of sp³-hybridized carbons (Fsp3) is 0.552. The number of halogens is 1. The van der Waals surface area contributed by atoms with E-state index in [1.165, 1.54) is 10.9 Å². The van der Waals surface area contributed by atoms with Crippen LogP contribution in [0, 0.1) is 5.41 Å². The van der Waals surface area contributed by atoms with Crippen molar-refractivity contribution in [2.24, 2.45) is 5.41 Å². The fourth-order valence-electron chi connectivity index (χ4n) is 6.10. The Balaban J connectivity index is 1.19. The highest BCUT2D eigenvalue weighted by atomic mass is 35.5. The Morgan fingerprint density at radius 3 is 2.54 bits per heavy atom. The third kappa shape index (κ3) is 4.90. The van der Waals surface area contributed by atoms with E-state index in [2.05, 4.69) is 17.2 Å². The van der Waals surface area contributed by atoms with Crippen molar-refractivity contribution in [2.45, 2.75) is 70.2 Å². The molecule has 3 aliphatic rings. The zero-order valence-corrected chi connectivity index (χ0v) is 23.3. The summed E-state index contributed by atoms with van der Waals surface area (Å²) in [5.74, 6) is 0.193. The number of morpholine rings is 1. The van der Waals surface area contributed by atoms with E-state index in [0.29, 0.717) is 48.7 Å². The summed E-state index contributed by atoms with van der Waals surface area (Å²) >= 11 is 6.61. The number of piperidine rings is 1. The molecule has 10 heteroatoms. The molecule has 0 bridgehead atoms. The molecule has 4 heterocycles. The van der Waals surface area contributed by atoms with Gasteiger partial charge in [-0.1, -0.05) is 37.1 Å². The van der Waals surface area contributed by atoms with Crippen LogP contribution in [0.3, 0.4) is 0 Å². The third-order valence-electron chi connectivity index (χ3n) is 8.91. The quantitative estimate of drug-likeness (QED) is 0.502. The molecule has 1 amide bonds. The minimum atomic E-state index is -1.08. The van der Waals surface area contributed by atoms with E-state index in [0.717, 1.165) is 37.1 Å². The van der Waals surface area contributed by atoms with E-state index in [1.54, 1.807) is 10.6 Å². The molecule has 2 N–H and O–H groups in total. The van der Waals surface area contributed by atoms with Gasteiger partial charge in [0.05, 0.1) is 36.3 Å². The number of benzene rings is 1. The number of fused-ring (bicyclic) bond motifs is 1. The Morgan fingerprint density at radius 1 is 1.21 bits per heavy atom. The number of aromatic nitrogens is 3. The van der Waals surface area contributed by atoms with Crippen LogP contribution >= 0.6 is 11.6 Å². The number of hydrogen-bond acceptors (Lipinski definition) is 6. The molecule has 2 atom stereocenters. The van der Waals surface area contributed by atoms with Gasteiger partial charge in [-0.2, -0.15) is 0 Å². The van der Waals surface area contributed by atoms with Crippen molar-refractivity contribution < 1.29 is 14.6 Å². The van der Waals surface area contributed by atoms with Gasteiger partial charge < -0.3 is 20.1 Å². The number of ether oxygens (including phenoxy) is 1. The molecular formula is C29H36ClN5O4. The number of rotatable bonds is 5. The molecule has 2 saturated heterocycles. The van der Waals surface area contributed by atoms with Gasteiger partial charge >= 0.3 is 0 Å². The van der Waals surface area contributed by atoms with Crippen molar-refractivity contribution in [3.63, 3.8) is 0 Å². The number of nitrogens with zero attached hydrogens (tertiary/aromatic N) is 4. The predicted molar refractivity (Wildman–Crippen MR) is 149 cm³/mol. The molecule has 3 aromatic rings. The monoisotopic (exact) mass is 553 g/mol. The Kier molecular flexibility index (Phi) is 6.82. The second-order valence-electron chi connectivity index (χ2n) is 11.8. The van der Waals surface area contributed by atoms with E-state index in [9.17, 15) is 14.7 Å². The summed E-state index contributed by atoms with van der Waals surface area (Å²) in [5.41, 5.74) is 0.842. The average molecular weight is 554 g/mol. The first-order valence-electron chi connectivity index (χ1n) is 13.9. The van der Waals surface area contributed by atoms with Gasteiger partial charge in [0.1, 0.15) is 11.5 Å². The molecule has 6 rings (SSSR count). The summed E-state index contributed by atoms with van der Waals surface area (Å²) in [6.45, 7) is 6.63. The minimum Gasteiger partial charge on any atom is -0.388 e. The van der Waals surface area contributed by atoms with Crippen molar-refractivity contribution in [2.75, 3.05) is 26.2 Å². The van der Waals surface area contributed by atoms with E-state index in [1.807, 2.05) is 36.1 Å². The number of nitrogens with one attached hydrogen (secondary N) is 1. The zero-order valence-electron chi connectivity index (χ0n) is 22.5. The highest BCUT2D eigenvalue weighted by Crippen LogP contribution is 2.42. The van der Waals surface area contributed by atoms with Crippen LogP contribution in [0.25, 0.3) is 16.7 Å². The molecule has 2 aromatic heterocycles. The molecule has 0 unspecified atom stereocenters. The Morgan fingerprint density at radius 2 is 1.92 bits per heavy atom. The predicted octanol–water partition coefficient (Wildman–Crippen LogP) is 3.43. The largest absolute Gasteiger partial charge is 0.388 e. The summed E-state index contributed by atoms with van der Waals surface area (Å²) in [6, 6.07) is 9.78. The Bertz CT molecular complexity index is 1430. The number of amides is 1. The zero-order chi connectivity index (χ0) is 27.4. The van der Waals surface area contributed by atoms with Gasteiger partial charge in [0.25, 0.3) is 5.56 Å². The van der Waals surface area contributed by atoms with Gasteiger partial charge in [-0.25, -0.2) is 4.98 Å². The van der Waals surface area contributed by atoms with Crippen molar-refractivity contribution in [3.05, 3.63) is 57.7 Å². The maximum Gasteiger partial charge on any atom is 0.262 e. The summed E-state index contributed by atoms with van der Waals surface area (Å²) in [4.78, 5) is 32.8. The molecule has 2 aliphatic heterocycles. The van der Waals surface area contributed by atoms with E-state index in [4.69, 9.17) is 16.3 Å². The van der Waals surface area contributed by atoms with Crippen LogP contribution in [0.5, 0.6) is 0 Å². The lowest BCUT2D eigenvalue weighted by Gasteiger charge is -2.45. The first kappa shape index (κ1) is 26.5. The topological polar surface area (TPSA) is 102 Å². The minimum absolute atomic E-state index is 0.126. The fourth-order valence-corrected chi connectivity index (χ4v) is 6.39. The summed E-state index contributed by atoms with van der Waals surface area (Å²) in [7, 11) is 0. The number of hydrogen-bond donors (Lipinski definition) is 2. The SMILES string of the molecule is C[C@H]1CN[C@H](c2ccc(-n3c(Cl)cc4c(=O)n(CC5(O)CCN(C(=O)C6(C)CCC6)CC5)cnc43)cc2)CO1. The third-order valence-corrected chi connectivity index (χ3v) is 9.19. The van der Waals surface area contributed by atoms with Gasteiger partial charge in [0.15, 0.2) is 5.65 Å². The summed E-state index contributed by atoms with van der Waals surface area (Å²) < 4.78 is 9.00. The van der Waals surface area contributed by atoms with E-state index >= 15 is 0 Å². The number of likely N-dealkylation sites (tertiary alicyclic amines) is 1. The van der Waals surface area contributed by atoms with Crippen LogP contribution < -0.4 is 10.9 Å². The maximum atomic E-state index is 13.4. The second kappa shape index (κ2) is 10.0. The molecular weight excluding hydrogens is 518 g/mol. The van der Waals surface area contributed by atoms with Crippen LogP contribution in [-0.4, -0.2) is 68.0 Å². The lowest BCUT2D eigenvalue weighted by Crippen LogP contribution is -2.54. The van der Waals surface area contributed by atoms with Gasteiger partial charge in [-0.15, -0.1) is 0 Å². The van der Waals surface area contributed by atoms with Crippen LogP contribution in [0.2, 0.25) is 5.15 Å². The van der Waals surface area contributed by atoms with Crippen LogP contribution in [0.4, 0.5) is 0 Å². The average Bonchev–Trinajstić information content (AvgIpc) is 3.26. The molecule has 3 fully saturated rings. The van der Waals surface area contributed by atoms with Crippen molar-refractivity contribution >= 4 is 28.5 Å². The van der Waals surface area contributed by atoms with Gasteiger partial charge in [-0.05, 0) is 56.4 Å². The normalized spacial score (nSPS) is 24.5. The number of aliphatic hydroxyl groups is 1. The molecule has 1 saturated carbocycles. The maximum absolute atomic E-state index is 13.4. The van der Waals surface area contributed by atoms with E-state index < -0.39 is 5.60 Å². The number of carbonyl (C=O) groups is 1. The van der Waals surface area contributed by atoms with Crippen molar-refractivity contribution in [1.29, 1.82) is 0 Å². The first-order valence-corrected chi connectivity index (χ1v) is 14.3. The van der Waals surface area contributed by atoms with Gasteiger partial charge in [0.2, 0.25) is 5.91 Å². The van der Waals surface area contributed by atoms with Crippen LogP contribution in [0.15, 0.2) is 41.5 Å². The molecule has 9 nitrogen and oxygen atoms in total. The summed E-state index contributed by atoms with van der Waals surface area (Å²) in [5, 5.41) is 15.6. The molecule has 0 radical (unpaired) electrons. The molecule has 208 valence electrons. The highest BCUT2D eigenvalue weighted by molar-refractivity contribution is 6.31. The van der Waals surface area contributed by atoms with Crippen molar-refractivity contribution in [1.82, 2.24) is 24.3 Å². The van der Waals surface area contributed by atoms with E-state index in [-0.39, 0.29) is 35.6 Å². The van der Waals surface area contributed by atoms with Gasteiger partial charge in [0, 0.05) is 30.7 Å². The number of carbonyl (C=O) groups excluding carboxylic acids is 1. The molecule has 39 heavy (non-hydrogen) atoms. The highest BCUT2D eigenvalue weighted by Gasteiger charge is 2.44. The van der Waals surface area contributed by atoms with Crippen LogP contribution in [-0.2, 0) is 16.1 Å². The second-order valence-corrected chi connectivity index (χ2v) is 12.2. The lowest BCUT2D eigenvalue weighted by atomic mass is 9.69. The Labute approximate surface area is 232 Å². The van der Waals surface area contributed by atoms with Crippen LogP contribution in [0.1, 0.15) is 57.6 Å². The first-order chi connectivity index (χ1) is 18.7. The van der Waals surface area contributed by atoms with Crippen molar-refractivity contribution in [3.8, 4) is 5.69 Å². The molecule has 1 aliphatic carbocycles. The summed E-state index contributed by atoms with van der Waals surface area (Å²) in [6.07, 6.45) is 5.51. The molecule has 1 aromatic carbocycles. The van der Waals surface area contributed by atoms with Gasteiger partial charge in [-0.3, -0.25) is 18.7 Å². The Hall–Kier alpha value is -2.72. The smallest absolute Gasteiger partial charge is 0.262 e. The lowest BCUT2D eigenvalue weighted by molar-refractivity contribution is -0.150. The molecule has 0 spiro atoms.